The van der Waals surface area contributed by atoms with E-state index in [1.54, 1.807) is 0 Å². The molecule has 4 heteroatoms. The van der Waals surface area contributed by atoms with Gasteiger partial charge in [0.05, 0.1) is 6.42 Å². The fourth-order valence-electron chi connectivity index (χ4n) is 1.47. The molecule has 76 valence electrons. The molecule has 0 bridgehead atoms. The van der Waals surface area contributed by atoms with E-state index in [0.29, 0.717) is 24.1 Å². The molecule has 0 amide bonds. The molecule has 0 aromatic carbocycles. The van der Waals surface area contributed by atoms with E-state index in [2.05, 4.69) is 17.1 Å². The maximum Gasteiger partial charge on any atom is 0.234 e. The minimum atomic E-state index is 0.143. The zero-order valence-corrected chi connectivity index (χ0v) is 8.49. The Kier molecular flexibility index (Phi) is 2.35. The van der Waals surface area contributed by atoms with Crippen LogP contribution in [-0.2, 0) is 11.2 Å². The van der Waals surface area contributed by atoms with Crippen LogP contribution in [-0.4, -0.2) is 15.9 Å². The summed E-state index contributed by atoms with van der Waals surface area (Å²) in [5, 5.41) is 3.88. The Bertz CT molecular complexity index is 346. The van der Waals surface area contributed by atoms with Crippen LogP contribution in [0.1, 0.15) is 44.3 Å². The largest absolute Gasteiger partial charge is 0.339 e. The molecule has 1 aliphatic rings. The van der Waals surface area contributed by atoms with Crippen molar-refractivity contribution in [1.29, 1.82) is 0 Å². The number of carbonyl (C=O) groups is 1. The van der Waals surface area contributed by atoms with Gasteiger partial charge in [-0.1, -0.05) is 19.0 Å². The second-order valence-corrected chi connectivity index (χ2v) is 3.93. The number of aromatic nitrogens is 2. The Balaban J connectivity index is 1.99. The van der Waals surface area contributed by atoms with E-state index < -0.39 is 0 Å². The first-order valence-electron chi connectivity index (χ1n) is 5.05. The molecule has 0 radical (unpaired) electrons. The molecule has 1 heterocycles. The van der Waals surface area contributed by atoms with Crippen LogP contribution in [0.4, 0.5) is 0 Å². The number of ketones is 1. The van der Waals surface area contributed by atoms with Crippen LogP contribution in [0.25, 0.3) is 0 Å². The third kappa shape index (κ3) is 1.84. The number of hydrogen-bond donors (Lipinski definition) is 0. The van der Waals surface area contributed by atoms with Crippen molar-refractivity contribution in [2.75, 3.05) is 0 Å². The lowest BCUT2D eigenvalue weighted by molar-refractivity contribution is -0.118. The van der Waals surface area contributed by atoms with E-state index in [-0.39, 0.29) is 12.2 Å². The van der Waals surface area contributed by atoms with Crippen molar-refractivity contribution >= 4 is 5.78 Å². The van der Waals surface area contributed by atoms with Crippen LogP contribution >= 0.6 is 0 Å². The third-order valence-corrected chi connectivity index (χ3v) is 2.67. The van der Waals surface area contributed by atoms with E-state index in [1.807, 2.05) is 6.92 Å². The lowest BCUT2D eigenvalue weighted by atomic mass is 10.2. The molecule has 4 nitrogen and oxygen atoms in total. The van der Waals surface area contributed by atoms with Crippen molar-refractivity contribution in [2.45, 2.75) is 39.0 Å². The summed E-state index contributed by atoms with van der Waals surface area (Å²) < 4.78 is 5.00. The maximum atomic E-state index is 11.1. The summed E-state index contributed by atoms with van der Waals surface area (Å²) in [6.07, 6.45) is 1.95. The SMILES string of the molecule is CCC(=O)Cc1nc(C2CC2C)no1. The smallest absolute Gasteiger partial charge is 0.234 e. The van der Waals surface area contributed by atoms with Crippen molar-refractivity contribution in [3.05, 3.63) is 11.7 Å². The lowest BCUT2D eigenvalue weighted by Crippen LogP contribution is -2.00. The summed E-state index contributed by atoms with van der Waals surface area (Å²) >= 11 is 0. The first kappa shape index (κ1) is 9.37. The Morgan fingerprint density at radius 1 is 1.64 bits per heavy atom. The highest BCUT2D eigenvalue weighted by molar-refractivity contribution is 5.79. The molecule has 14 heavy (non-hydrogen) atoms. The molecule has 0 aliphatic heterocycles. The predicted molar refractivity (Wildman–Crippen MR) is 49.8 cm³/mol. The zero-order valence-electron chi connectivity index (χ0n) is 8.49. The van der Waals surface area contributed by atoms with Crippen LogP contribution in [0.15, 0.2) is 4.52 Å². The van der Waals surface area contributed by atoms with Gasteiger partial charge in [0.2, 0.25) is 5.89 Å². The molecule has 2 unspecified atom stereocenters. The van der Waals surface area contributed by atoms with Crippen molar-refractivity contribution in [2.24, 2.45) is 5.92 Å². The standard InChI is InChI=1S/C10H14N2O2/c1-3-7(13)5-9-11-10(12-14-9)8-4-6(8)2/h6,8H,3-5H2,1-2H3. The molecule has 0 spiro atoms. The normalized spacial score (nSPS) is 25.0. The van der Waals surface area contributed by atoms with Gasteiger partial charge < -0.3 is 4.52 Å². The van der Waals surface area contributed by atoms with Crippen LogP contribution in [0.3, 0.4) is 0 Å². The fourth-order valence-corrected chi connectivity index (χ4v) is 1.47. The molecule has 1 fully saturated rings. The van der Waals surface area contributed by atoms with Crippen LogP contribution in [0.5, 0.6) is 0 Å². The van der Waals surface area contributed by atoms with Gasteiger partial charge >= 0.3 is 0 Å². The monoisotopic (exact) mass is 194 g/mol. The molecule has 1 saturated carbocycles. The van der Waals surface area contributed by atoms with Gasteiger partial charge in [-0.05, 0) is 12.3 Å². The number of rotatable bonds is 4. The molecule has 2 rings (SSSR count). The van der Waals surface area contributed by atoms with Gasteiger partial charge in [0, 0.05) is 12.3 Å². The average Bonchev–Trinajstić information content (AvgIpc) is 2.73. The first-order valence-corrected chi connectivity index (χ1v) is 5.05. The fraction of sp³-hybridized carbons (Fsp3) is 0.700. The summed E-state index contributed by atoms with van der Waals surface area (Å²) in [7, 11) is 0. The van der Waals surface area contributed by atoms with Gasteiger partial charge in [0.1, 0.15) is 5.78 Å². The van der Waals surface area contributed by atoms with E-state index in [9.17, 15) is 4.79 Å². The molecule has 1 aliphatic carbocycles. The molecular formula is C10H14N2O2. The highest BCUT2D eigenvalue weighted by Crippen LogP contribution is 2.45. The van der Waals surface area contributed by atoms with Crippen molar-refractivity contribution in [3.8, 4) is 0 Å². The molecule has 1 aromatic heterocycles. The minimum Gasteiger partial charge on any atom is -0.339 e. The zero-order chi connectivity index (χ0) is 10.1. The molecular weight excluding hydrogens is 180 g/mol. The van der Waals surface area contributed by atoms with Crippen molar-refractivity contribution in [3.63, 3.8) is 0 Å². The van der Waals surface area contributed by atoms with Gasteiger partial charge in [0.25, 0.3) is 0 Å². The number of Topliss-reactive ketones (excluding diaryl/α,β-unsaturated/α-hetero) is 1. The van der Waals surface area contributed by atoms with Gasteiger partial charge in [-0.15, -0.1) is 0 Å². The summed E-state index contributed by atoms with van der Waals surface area (Å²) in [6, 6.07) is 0. The summed E-state index contributed by atoms with van der Waals surface area (Å²) in [5.41, 5.74) is 0. The van der Waals surface area contributed by atoms with E-state index in [1.165, 1.54) is 0 Å². The Hall–Kier alpha value is -1.19. The van der Waals surface area contributed by atoms with Crippen molar-refractivity contribution in [1.82, 2.24) is 10.1 Å². The lowest BCUT2D eigenvalue weighted by Gasteiger charge is -1.88. The highest BCUT2D eigenvalue weighted by Gasteiger charge is 2.38. The third-order valence-electron chi connectivity index (χ3n) is 2.67. The van der Waals surface area contributed by atoms with E-state index >= 15 is 0 Å². The second-order valence-electron chi connectivity index (χ2n) is 3.93. The number of hydrogen-bond acceptors (Lipinski definition) is 4. The first-order chi connectivity index (χ1) is 6.70. The Labute approximate surface area is 82.7 Å². The van der Waals surface area contributed by atoms with Crippen LogP contribution in [0.2, 0.25) is 0 Å². The maximum absolute atomic E-state index is 11.1. The molecule has 0 saturated heterocycles. The summed E-state index contributed by atoms with van der Waals surface area (Å²) in [6.45, 7) is 4.00. The topological polar surface area (TPSA) is 56.0 Å². The molecule has 2 atom stereocenters. The summed E-state index contributed by atoms with van der Waals surface area (Å²) in [4.78, 5) is 15.3. The molecule has 0 N–H and O–H groups in total. The quantitative estimate of drug-likeness (QED) is 0.732. The van der Waals surface area contributed by atoms with E-state index in [0.717, 1.165) is 12.2 Å². The predicted octanol–water partition coefficient (Wildman–Crippen LogP) is 1.71. The van der Waals surface area contributed by atoms with Crippen LogP contribution in [0, 0.1) is 5.92 Å². The van der Waals surface area contributed by atoms with Crippen molar-refractivity contribution < 1.29 is 9.32 Å². The summed E-state index contributed by atoms with van der Waals surface area (Å²) in [5.74, 6) is 2.51. The second kappa shape index (κ2) is 3.52. The van der Waals surface area contributed by atoms with Gasteiger partial charge in [-0.2, -0.15) is 4.98 Å². The van der Waals surface area contributed by atoms with Crippen LogP contribution < -0.4 is 0 Å². The molecule has 1 aromatic rings. The Morgan fingerprint density at radius 3 is 2.93 bits per heavy atom. The minimum absolute atomic E-state index is 0.143. The Morgan fingerprint density at radius 2 is 2.36 bits per heavy atom. The van der Waals surface area contributed by atoms with Gasteiger partial charge in [-0.25, -0.2) is 0 Å². The van der Waals surface area contributed by atoms with Gasteiger partial charge in [-0.3, -0.25) is 4.79 Å². The number of nitrogens with zero attached hydrogens (tertiary/aromatic N) is 2. The number of carbonyl (C=O) groups excluding carboxylic acids is 1. The highest BCUT2D eigenvalue weighted by atomic mass is 16.5. The van der Waals surface area contributed by atoms with Gasteiger partial charge in [0.15, 0.2) is 5.82 Å². The van der Waals surface area contributed by atoms with E-state index in [4.69, 9.17) is 4.52 Å². The average molecular weight is 194 g/mol.